The first-order chi connectivity index (χ1) is 6.33. The summed E-state index contributed by atoms with van der Waals surface area (Å²) < 4.78 is 1.95. The first-order valence-corrected chi connectivity index (χ1v) is 4.39. The molecule has 4 heteroatoms. The van der Waals surface area contributed by atoms with E-state index >= 15 is 0 Å². The Kier molecular flexibility index (Phi) is 1.88. The molecule has 0 radical (unpaired) electrons. The lowest BCUT2D eigenvalue weighted by atomic mass is 10.3. The maximum Gasteiger partial charge on any atom is 0.134 e. The van der Waals surface area contributed by atoms with Crippen LogP contribution < -0.4 is 5.73 Å². The van der Waals surface area contributed by atoms with Crippen LogP contribution in [-0.2, 0) is 6.54 Å². The molecule has 4 nitrogen and oxygen atoms in total. The van der Waals surface area contributed by atoms with E-state index in [0.717, 1.165) is 23.9 Å². The molecule has 2 rings (SSSR count). The average molecular weight is 176 g/mol. The van der Waals surface area contributed by atoms with Gasteiger partial charge in [0.25, 0.3) is 0 Å². The molecule has 2 aromatic heterocycles. The van der Waals surface area contributed by atoms with Crippen LogP contribution in [0.2, 0.25) is 0 Å². The zero-order valence-corrected chi connectivity index (χ0v) is 7.57. The fraction of sp³-hybridized carbons (Fsp3) is 0.333. The summed E-state index contributed by atoms with van der Waals surface area (Å²) in [5.74, 6) is 0.555. The number of nitrogens with two attached hydrogens (primary N) is 1. The van der Waals surface area contributed by atoms with Crippen LogP contribution in [0.4, 0.5) is 5.82 Å². The summed E-state index contributed by atoms with van der Waals surface area (Å²) in [6.07, 6.45) is 4.55. The number of anilines is 1. The lowest BCUT2D eigenvalue weighted by molar-refractivity contribution is 0.622. The number of nitrogen functional groups attached to an aromatic ring is 1. The highest BCUT2D eigenvalue weighted by atomic mass is 15.3. The smallest absolute Gasteiger partial charge is 0.134 e. The molecule has 0 aliphatic carbocycles. The van der Waals surface area contributed by atoms with Gasteiger partial charge in [0.2, 0.25) is 0 Å². The molecule has 0 saturated heterocycles. The van der Waals surface area contributed by atoms with Crippen molar-refractivity contribution >= 4 is 16.7 Å². The van der Waals surface area contributed by atoms with Crippen LogP contribution in [0.3, 0.4) is 0 Å². The topological polar surface area (TPSA) is 56.7 Å². The third-order valence-corrected chi connectivity index (χ3v) is 2.04. The highest BCUT2D eigenvalue weighted by Gasteiger charge is 2.03. The summed E-state index contributed by atoms with van der Waals surface area (Å²) in [6.45, 7) is 3.05. The van der Waals surface area contributed by atoms with Gasteiger partial charge in [-0.05, 0) is 12.5 Å². The Labute approximate surface area is 76.4 Å². The van der Waals surface area contributed by atoms with Crippen molar-refractivity contribution in [2.75, 3.05) is 5.73 Å². The Morgan fingerprint density at radius 1 is 1.54 bits per heavy atom. The molecule has 0 spiro atoms. The Hall–Kier alpha value is -1.58. The van der Waals surface area contributed by atoms with Crippen molar-refractivity contribution in [2.45, 2.75) is 19.9 Å². The molecule has 2 heterocycles. The maximum atomic E-state index is 5.70. The molecule has 68 valence electrons. The standard InChI is InChI=1S/C9H12N4/c1-2-5-13-8-3-4-11-9(10)7(8)6-12-13/h3-4,6H,2,5H2,1H3,(H2,10,11). The van der Waals surface area contributed by atoms with Gasteiger partial charge in [-0.25, -0.2) is 4.98 Å². The number of pyridine rings is 1. The fourth-order valence-corrected chi connectivity index (χ4v) is 1.42. The van der Waals surface area contributed by atoms with Crippen LogP contribution in [0.5, 0.6) is 0 Å². The van der Waals surface area contributed by atoms with Crippen LogP contribution >= 0.6 is 0 Å². The van der Waals surface area contributed by atoms with Crippen molar-refractivity contribution in [3.63, 3.8) is 0 Å². The van der Waals surface area contributed by atoms with Crippen LogP contribution in [-0.4, -0.2) is 14.8 Å². The Balaban J connectivity index is 2.61. The molecule has 13 heavy (non-hydrogen) atoms. The summed E-state index contributed by atoms with van der Waals surface area (Å²) in [4.78, 5) is 4.01. The molecule has 0 unspecified atom stereocenters. The second-order valence-electron chi connectivity index (χ2n) is 3.00. The molecule has 2 aromatic rings. The zero-order chi connectivity index (χ0) is 9.26. The SMILES string of the molecule is CCCn1ncc2c(N)nccc21. The first kappa shape index (κ1) is 8.04. The van der Waals surface area contributed by atoms with Gasteiger partial charge in [0, 0.05) is 12.7 Å². The summed E-state index contributed by atoms with van der Waals surface area (Å²) in [7, 11) is 0. The van der Waals surface area contributed by atoms with Gasteiger partial charge < -0.3 is 5.73 Å². The van der Waals surface area contributed by atoms with Gasteiger partial charge in [-0.15, -0.1) is 0 Å². The summed E-state index contributed by atoms with van der Waals surface area (Å²) in [5, 5.41) is 5.18. The van der Waals surface area contributed by atoms with Gasteiger partial charge in [0.05, 0.1) is 17.1 Å². The second-order valence-corrected chi connectivity index (χ2v) is 3.00. The van der Waals surface area contributed by atoms with Crippen molar-refractivity contribution in [1.82, 2.24) is 14.8 Å². The molecular formula is C9H12N4. The Morgan fingerprint density at radius 2 is 2.38 bits per heavy atom. The minimum Gasteiger partial charge on any atom is -0.383 e. The molecule has 0 amide bonds. The van der Waals surface area contributed by atoms with Crippen LogP contribution in [0, 0.1) is 0 Å². The highest BCUT2D eigenvalue weighted by molar-refractivity contribution is 5.87. The van der Waals surface area contributed by atoms with Crippen molar-refractivity contribution in [3.05, 3.63) is 18.5 Å². The third kappa shape index (κ3) is 1.24. The molecule has 2 N–H and O–H groups in total. The number of rotatable bonds is 2. The van der Waals surface area contributed by atoms with Crippen LogP contribution in [0.1, 0.15) is 13.3 Å². The van der Waals surface area contributed by atoms with Crippen LogP contribution in [0.25, 0.3) is 10.9 Å². The minimum atomic E-state index is 0.555. The quantitative estimate of drug-likeness (QED) is 0.752. The van der Waals surface area contributed by atoms with Gasteiger partial charge in [-0.1, -0.05) is 6.92 Å². The van der Waals surface area contributed by atoms with Gasteiger partial charge in [-0.3, -0.25) is 4.68 Å². The number of hydrogen-bond donors (Lipinski definition) is 1. The van der Waals surface area contributed by atoms with Gasteiger partial charge in [0.1, 0.15) is 5.82 Å². The van der Waals surface area contributed by atoms with Gasteiger partial charge >= 0.3 is 0 Å². The molecule has 0 atom stereocenters. The Bertz CT molecular complexity index is 418. The number of hydrogen-bond acceptors (Lipinski definition) is 3. The summed E-state index contributed by atoms with van der Waals surface area (Å²) in [5.41, 5.74) is 6.77. The van der Waals surface area contributed by atoms with E-state index in [2.05, 4.69) is 17.0 Å². The predicted molar refractivity (Wildman–Crippen MR) is 52.2 cm³/mol. The third-order valence-electron chi connectivity index (χ3n) is 2.04. The monoisotopic (exact) mass is 176 g/mol. The molecular weight excluding hydrogens is 164 g/mol. The van der Waals surface area contributed by atoms with E-state index in [1.165, 1.54) is 0 Å². The molecule has 0 bridgehead atoms. The molecule has 0 aliphatic rings. The maximum absolute atomic E-state index is 5.70. The second kappa shape index (κ2) is 3.05. The predicted octanol–water partition coefficient (Wildman–Crippen LogP) is 1.42. The lowest BCUT2D eigenvalue weighted by Gasteiger charge is -2.00. The number of fused-ring (bicyclic) bond motifs is 1. The molecule has 0 saturated carbocycles. The largest absolute Gasteiger partial charge is 0.383 e. The fourth-order valence-electron chi connectivity index (χ4n) is 1.42. The normalized spacial score (nSPS) is 10.8. The van der Waals surface area contributed by atoms with E-state index in [-0.39, 0.29) is 0 Å². The van der Waals surface area contributed by atoms with E-state index in [4.69, 9.17) is 5.73 Å². The van der Waals surface area contributed by atoms with Crippen molar-refractivity contribution in [3.8, 4) is 0 Å². The molecule has 0 aromatic carbocycles. The van der Waals surface area contributed by atoms with Crippen molar-refractivity contribution < 1.29 is 0 Å². The van der Waals surface area contributed by atoms with E-state index in [1.807, 2.05) is 10.7 Å². The van der Waals surface area contributed by atoms with Crippen molar-refractivity contribution in [1.29, 1.82) is 0 Å². The summed E-state index contributed by atoms with van der Waals surface area (Å²) in [6, 6.07) is 1.94. The molecule has 0 aliphatic heterocycles. The van der Waals surface area contributed by atoms with E-state index in [1.54, 1.807) is 12.4 Å². The summed E-state index contributed by atoms with van der Waals surface area (Å²) >= 11 is 0. The van der Waals surface area contributed by atoms with Crippen LogP contribution in [0.15, 0.2) is 18.5 Å². The number of nitrogens with zero attached hydrogens (tertiary/aromatic N) is 3. The zero-order valence-electron chi connectivity index (χ0n) is 7.57. The Morgan fingerprint density at radius 3 is 3.15 bits per heavy atom. The van der Waals surface area contributed by atoms with E-state index in [0.29, 0.717) is 5.82 Å². The highest BCUT2D eigenvalue weighted by Crippen LogP contribution is 2.17. The van der Waals surface area contributed by atoms with Gasteiger partial charge in [-0.2, -0.15) is 5.10 Å². The number of aromatic nitrogens is 3. The van der Waals surface area contributed by atoms with Crippen molar-refractivity contribution in [2.24, 2.45) is 0 Å². The van der Waals surface area contributed by atoms with E-state index in [9.17, 15) is 0 Å². The molecule has 0 fully saturated rings. The number of aryl methyl sites for hydroxylation is 1. The average Bonchev–Trinajstić information content (AvgIpc) is 2.51. The first-order valence-electron chi connectivity index (χ1n) is 4.39. The van der Waals surface area contributed by atoms with E-state index < -0.39 is 0 Å². The minimum absolute atomic E-state index is 0.555. The van der Waals surface area contributed by atoms with Gasteiger partial charge in [0.15, 0.2) is 0 Å². The lowest BCUT2D eigenvalue weighted by Crippen LogP contribution is -1.98.